The summed E-state index contributed by atoms with van der Waals surface area (Å²) < 4.78 is 31.8. The van der Waals surface area contributed by atoms with Gasteiger partial charge < -0.3 is 20.1 Å². The molecule has 0 aromatic carbocycles. The third kappa shape index (κ3) is 18.8. The second kappa shape index (κ2) is 16.4. The molecule has 0 rings (SSSR count). The summed E-state index contributed by atoms with van der Waals surface area (Å²) in [5.74, 6) is -0.905. The SMILES string of the molecule is CCCCCCCC(=O)NCCN(CCO)CC(O)CS(=O)(=O)[O-].[Na+]. The normalized spacial score (nSPS) is 12.7. The molecule has 0 aliphatic rings. The molecule has 3 N–H and O–H groups in total. The van der Waals surface area contributed by atoms with Gasteiger partial charge in [0.05, 0.1) is 28.6 Å². The first kappa shape index (κ1) is 27.5. The van der Waals surface area contributed by atoms with Gasteiger partial charge in [-0.2, -0.15) is 0 Å². The molecule has 0 fully saturated rings. The van der Waals surface area contributed by atoms with Crippen LogP contribution in [0.15, 0.2) is 0 Å². The number of hydrogen-bond acceptors (Lipinski definition) is 7. The first-order valence-corrected chi connectivity index (χ1v) is 10.1. The van der Waals surface area contributed by atoms with Gasteiger partial charge in [-0.3, -0.25) is 9.69 Å². The van der Waals surface area contributed by atoms with Gasteiger partial charge in [-0.15, -0.1) is 0 Å². The molecule has 0 aliphatic heterocycles. The fourth-order valence-corrected chi connectivity index (χ4v) is 2.93. The molecule has 0 bridgehead atoms. The number of nitrogens with zero attached hydrogens (tertiary/aromatic N) is 1. The number of amides is 1. The number of rotatable bonds is 15. The van der Waals surface area contributed by atoms with Crippen LogP contribution in [-0.2, 0) is 14.9 Å². The molecule has 0 saturated heterocycles. The fraction of sp³-hybridized carbons (Fsp3) is 0.933. The summed E-state index contributed by atoms with van der Waals surface area (Å²) in [6.07, 6.45) is 4.52. The van der Waals surface area contributed by atoms with Crippen molar-refractivity contribution in [3.05, 3.63) is 0 Å². The standard InChI is InChI=1S/C15H32N2O6S.Na/c1-2-3-4-5-6-7-15(20)16-8-9-17(10-11-18)12-14(19)13-24(21,22)23;/h14,18-19H,2-13H2,1H3,(H,16,20)(H,21,22,23);/q;+1/p-1. The summed E-state index contributed by atoms with van der Waals surface area (Å²) in [5.41, 5.74) is 0. The van der Waals surface area contributed by atoms with Crippen LogP contribution < -0.4 is 34.9 Å². The monoisotopic (exact) mass is 390 g/mol. The molecule has 0 aliphatic carbocycles. The van der Waals surface area contributed by atoms with E-state index in [0.29, 0.717) is 19.5 Å². The van der Waals surface area contributed by atoms with Crippen LogP contribution in [0.5, 0.6) is 0 Å². The van der Waals surface area contributed by atoms with Crippen LogP contribution in [-0.4, -0.2) is 78.6 Å². The van der Waals surface area contributed by atoms with Crippen molar-refractivity contribution in [3.8, 4) is 0 Å². The topological polar surface area (TPSA) is 130 Å². The van der Waals surface area contributed by atoms with Gasteiger partial charge in [-0.1, -0.05) is 32.6 Å². The minimum absolute atomic E-state index is 0. The summed E-state index contributed by atoms with van der Waals surface area (Å²) in [5, 5.41) is 21.3. The molecular weight excluding hydrogens is 359 g/mol. The average Bonchev–Trinajstić information content (AvgIpc) is 2.45. The van der Waals surface area contributed by atoms with Gasteiger partial charge in [0, 0.05) is 32.6 Å². The van der Waals surface area contributed by atoms with Crippen molar-refractivity contribution < 1.29 is 57.5 Å². The van der Waals surface area contributed by atoms with Crippen LogP contribution in [0.3, 0.4) is 0 Å². The number of carbonyl (C=O) groups is 1. The zero-order valence-electron chi connectivity index (χ0n) is 15.4. The van der Waals surface area contributed by atoms with Gasteiger partial charge in [0.1, 0.15) is 0 Å². The van der Waals surface area contributed by atoms with Crippen molar-refractivity contribution in [1.29, 1.82) is 0 Å². The van der Waals surface area contributed by atoms with E-state index in [1.807, 2.05) is 0 Å². The van der Waals surface area contributed by atoms with Crippen molar-refractivity contribution in [2.45, 2.75) is 51.6 Å². The Morgan fingerprint density at radius 1 is 1.20 bits per heavy atom. The number of aliphatic hydroxyl groups excluding tert-OH is 2. The minimum atomic E-state index is -4.49. The first-order valence-electron chi connectivity index (χ1n) is 8.50. The molecule has 0 aromatic rings. The zero-order chi connectivity index (χ0) is 18.4. The van der Waals surface area contributed by atoms with Crippen molar-refractivity contribution in [3.63, 3.8) is 0 Å². The van der Waals surface area contributed by atoms with E-state index in [4.69, 9.17) is 5.11 Å². The van der Waals surface area contributed by atoms with E-state index in [2.05, 4.69) is 12.2 Å². The number of aliphatic hydroxyl groups is 2. The van der Waals surface area contributed by atoms with Crippen LogP contribution in [0.4, 0.5) is 0 Å². The minimum Gasteiger partial charge on any atom is -0.748 e. The molecule has 0 radical (unpaired) electrons. The van der Waals surface area contributed by atoms with Gasteiger partial charge in [-0.25, -0.2) is 8.42 Å². The van der Waals surface area contributed by atoms with Crippen molar-refractivity contribution in [2.24, 2.45) is 0 Å². The second-order valence-electron chi connectivity index (χ2n) is 5.92. The van der Waals surface area contributed by atoms with Gasteiger partial charge in [0.25, 0.3) is 0 Å². The molecule has 10 heteroatoms. The maximum atomic E-state index is 11.7. The predicted octanol–water partition coefficient (Wildman–Crippen LogP) is -3.33. The smallest absolute Gasteiger partial charge is 0.748 e. The molecule has 144 valence electrons. The van der Waals surface area contributed by atoms with Crippen molar-refractivity contribution in [1.82, 2.24) is 10.2 Å². The predicted molar refractivity (Wildman–Crippen MR) is 90.5 cm³/mol. The van der Waals surface area contributed by atoms with E-state index < -0.39 is 22.0 Å². The molecule has 25 heavy (non-hydrogen) atoms. The molecule has 1 unspecified atom stereocenters. The van der Waals surface area contributed by atoms with Gasteiger partial charge >= 0.3 is 29.6 Å². The first-order chi connectivity index (χ1) is 11.3. The molecule has 1 atom stereocenters. The molecular formula is C15H31N2NaO6S. The van der Waals surface area contributed by atoms with E-state index in [9.17, 15) is 22.9 Å². The maximum absolute atomic E-state index is 11.7. The Bertz CT molecular complexity index is 436. The van der Waals surface area contributed by atoms with Gasteiger partial charge in [0.2, 0.25) is 5.91 Å². The molecule has 0 aromatic heterocycles. The van der Waals surface area contributed by atoms with E-state index in [1.54, 1.807) is 4.90 Å². The molecule has 0 heterocycles. The van der Waals surface area contributed by atoms with Crippen LogP contribution in [0, 0.1) is 0 Å². The molecule has 1 amide bonds. The van der Waals surface area contributed by atoms with E-state index in [-0.39, 0.29) is 55.2 Å². The van der Waals surface area contributed by atoms with E-state index >= 15 is 0 Å². The number of nitrogens with one attached hydrogen (secondary N) is 1. The van der Waals surface area contributed by atoms with Crippen LogP contribution in [0.25, 0.3) is 0 Å². The number of carbonyl (C=O) groups excluding carboxylic acids is 1. The molecule has 8 nitrogen and oxygen atoms in total. The Morgan fingerprint density at radius 3 is 2.40 bits per heavy atom. The van der Waals surface area contributed by atoms with Crippen molar-refractivity contribution >= 4 is 16.0 Å². The molecule has 0 spiro atoms. The number of unbranched alkanes of at least 4 members (excludes halogenated alkanes) is 4. The quantitative estimate of drug-likeness (QED) is 0.151. The van der Waals surface area contributed by atoms with Crippen molar-refractivity contribution in [2.75, 3.05) is 38.5 Å². The summed E-state index contributed by atoms with van der Waals surface area (Å²) >= 11 is 0. The van der Waals surface area contributed by atoms with Gasteiger partial charge in [0.15, 0.2) is 0 Å². The second-order valence-corrected chi connectivity index (χ2v) is 7.37. The summed E-state index contributed by atoms with van der Waals surface area (Å²) in [4.78, 5) is 13.3. The average molecular weight is 390 g/mol. The summed E-state index contributed by atoms with van der Waals surface area (Å²) in [6, 6.07) is 0. The van der Waals surface area contributed by atoms with E-state index in [0.717, 1.165) is 25.7 Å². The third-order valence-electron chi connectivity index (χ3n) is 3.54. The number of hydrogen-bond donors (Lipinski definition) is 3. The Hall–Kier alpha value is 0.260. The summed E-state index contributed by atoms with van der Waals surface area (Å²) in [7, 11) is -4.49. The van der Waals surface area contributed by atoms with Crippen LogP contribution >= 0.6 is 0 Å². The Labute approximate surface area is 173 Å². The van der Waals surface area contributed by atoms with Crippen LogP contribution in [0.2, 0.25) is 0 Å². The zero-order valence-corrected chi connectivity index (χ0v) is 18.3. The largest absolute Gasteiger partial charge is 1.00 e. The molecule has 0 saturated carbocycles. The van der Waals surface area contributed by atoms with E-state index in [1.165, 1.54) is 6.42 Å². The van der Waals surface area contributed by atoms with Gasteiger partial charge in [-0.05, 0) is 6.42 Å². The van der Waals surface area contributed by atoms with Crippen LogP contribution in [0.1, 0.15) is 45.4 Å². The Balaban J connectivity index is 0. The Kier molecular flexibility index (Phi) is 18.1. The maximum Gasteiger partial charge on any atom is 1.00 e. The Morgan fingerprint density at radius 2 is 1.84 bits per heavy atom. The fourth-order valence-electron chi connectivity index (χ4n) is 2.35. The summed E-state index contributed by atoms with van der Waals surface area (Å²) in [6.45, 7) is 2.84. The third-order valence-corrected chi connectivity index (χ3v) is 4.33.